The number of guanidine groups is 1. The van der Waals surface area contributed by atoms with E-state index in [0.717, 1.165) is 32.1 Å². The van der Waals surface area contributed by atoms with Crippen LogP contribution in [-0.2, 0) is 11.3 Å². The van der Waals surface area contributed by atoms with Gasteiger partial charge >= 0.3 is 0 Å². The number of nitrogens with zero attached hydrogens (tertiary/aromatic N) is 1. The van der Waals surface area contributed by atoms with Gasteiger partial charge in [0.25, 0.3) is 0 Å². The van der Waals surface area contributed by atoms with E-state index in [-0.39, 0.29) is 0 Å². The highest BCUT2D eigenvalue weighted by atomic mass is 32.1. The fraction of sp³-hybridized carbons (Fsp3) is 0.615. The number of thiophene rings is 1. The predicted octanol–water partition coefficient (Wildman–Crippen LogP) is 1.98. The van der Waals surface area contributed by atoms with Crippen molar-refractivity contribution in [2.24, 2.45) is 4.99 Å². The summed E-state index contributed by atoms with van der Waals surface area (Å²) in [5, 5.41) is 10.9. The van der Waals surface area contributed by atoms with Gasteiger partial charge in [-0.2, -0.15) is 11.3 Å². The molecule has 1 aliphatic heterocycles. The molecule has 18 heavy (non-hydrogen) atoms. The van der Waals surface area contributed by atoms with Crippen LogP contribution < -0.4 is 10.6 Å². The molecule has 1 atom stereocenters. The average Bonchev–Trinajstić information content (AvgIpc) is 3.06. The lowest BCUT2D eigenvalue weighted by molar-refractivity contribution is 0.105. The summed E-state index contributed by atoms with van der Waals surface area (Å²) in [6, 6.07) is 2.12. The quantitative estimate of drug-likeness (QED) is 0.633. The van der Waals surface area contributed by atoms with Crippen LogP contribution in [0, 0.1) is 0 Å². The summed E-state index contributed by atoms with van der Waals surface area (Å²) < 4.78 is 5.59. The molecule has 1 saturated heterocycles. The highest BCUT2D eigenvalue weighted by molar-refractivity contribution is 7.07. The number of rotatable bonds is 5. The third-order valence-electron chi connectivity index (χ3n) is 3.05. The minimum atomic E-state index is 0.437. The van der Waals surface area contributed by atoms with Crippen molar-refractivity contribution in [2.45, 2.75) is 31.9 Å². The van der Waals surface area contributed by atoms with Gasteiger partial charge in [-0.1, -0.05) is 0 Å². The van der Waals surface area contributed by atoms with Crippen LogP contribution in [0.2, 0.25) is 0 Å². The molecule has 0 saturated carbocycles. The van der Waals surface area contributed by atoms with Crippen molar-refractivity contribution >= 4 is 17.3 Å². The summed E-state index contributed by atoms with van der Waals surface area (Å²) >= 11 is 1.72. The Bertz CT molecular complexity index is 358. The predicted molar refractivity (Wildman–Crippen MR) is 76.1 cm³/mol. The van der Waals surface area contributed by atoms with Crippen LogP contribution in [0.3, 0.4) is 0 Å². The summed E-state index contributed by atoms with van der Waals surface area (Å²) in [6.07, 6.45) is 3.89. The number of ether oxygens (including phenoxy) is 1. The minimum Gasteiger partial charge on any atom is -0.378 e. The molecule has 1 aromatic heterocycles. The first-order valence-electron chi connectivity index (χ1n) is 6.45. The van der Waals surface area contributed by atoms with Crippen LogP contribution in [0.4, 0.5) is 0 Å². The van der Waals surface area contributed by atoms with E-state index in [1.807, 2.05) is 0 Å². The lowest BCUT2D eigenvalue weighted by Gasteiger charge is -2.13. The Labute approximate surface area is 112 Å². The van der Waals surface area contributed by atoms with E-state index in [9.17, 15) is 0 Å². The van der Waals surface area contributed by atoms with Crippen LogP contribution in [0.25, 0.3) is 0 Å². The molecule has 0 radical (unpaired) electrons. The van der Waals surface area contributed by atoms with Crippen molar-refractivity contribution in [2.75, 3.05) is 20.2 Å². The van der Waals surface area contributed by atoms with Gasteiger partial charge in [-0.3, -0.25) is 4.99 Å². The van der Waals surface area contributed by atoms with E-state index in [2.05, 4.69) is 32.5 Å². The molecule has 0 amide bonds. The highest BCUT2D eigenvalue weighted by Crippen LogP contribution is 2.14. The summed E-state index contributed by atoms with van der Waals surface area (Å²) in [4.78, 5) is 4.21. The van der Waals surface area contributed by atoms with Gasteiger partial charge in [0.15, 0.2) is 5.96 Å². The molecule has 100 valence electrons. The standard InChI is InChI=1S/C13H21N3OS/c1-14-13(16-9-11-5-8-18-10-11)15-6-4-12-3-2-7-17-12/h5,8,10,12H,2-4,6-7,9H2,1H3,(H2,14,15,16). The smallest absolute Gasteiger partial charge is 0.191 e. The monoisotopic (exact) mass is 267 g/mol. The van der Waals surface area contributed by atoms with Gasteiger partial charge in [-0.05, 0) is 41.7 Å². The molecule has 1 unspecified atom stereocenters. The second kappa shape index (κ2) is 7.38. The summed E-state index contributed by atoms with van der Waals surface area (Å²) in [6.45, 7) is 2.66. The lowest BCUT2D eigenvalue weighted by Crippen LogP contribution is -2.38. The van der Waals surface area contributed by atoms with E-state index < -0.39 is 0 Å². The van der Waals surface area contributed by atoms with Crippen molar-refractivity contribution in [1.82, 2.24) is 10.6 Å². The van der Waals surface area contributed by atoms with Gasteiger partial charge < -0.3 is 15.4 Å². The first kappa shape index (κ1) is 13.4. The molecule has 5 heteroatoms. The van der Waals surface area contributed by atoms with Gasteiger partial charge in [-0.25, -0.2) is 0 Å². The van der Waals surface area contributed by atoms with Crippen LogP contribution in [0.1, 0.15) is 24.8 Å². The van der Waals surface area contributed by atoms with Crippen molar-refractivity contribution in [3.05, 3.63) is 22.4 Å². The maximum absolute atomic E-state index is 5.59. The number of hydrogen-bond donors (Lipinski definition) is 2. The Morgan fingerprint density at radius 1 is 1.56 bits per heavy atom. The molecule has 1 aliphatic rings. The van der Waals surface area contributed by atoms with Crippen molar-refractivity contribution in [3.8, 4) is 0 Å². The number of nitrogens with one attached hydrogen (secondary N) is 2. The van der Waals surface area contributed by atoms with Gasteiger partial charge in [0, 0.05) is 26.7 Å². The second-order valence-corrected chi connectivity index (χ2v) is 5.19. The van der Waals surface area contributed by atoms with Crippen LogP contribution in [-0.4, -0.2) is 32.3 Å². The normalized spacial score (nSPS) is 20.1. The van der Waals surface area contributed by atoms with Crippen molar-refractivity contribution in [1.29, 1.82) is 0 Å². The summed E-state index contributed by atoms with van der Waals surface area (Å²) in [5.74, 6) is 0.860. The summed E-state index contributed by atoms with van der Waals surface area (Å²) in [5.41, 5.74) is 1.29. The molecule has 0 aromatic carbocycles. The third-order valence-corrected chi connectivity index (χ3v) is 3.78. The Morgan fingerprint density at radius 3 is 3.17 bits per heavy atom. The topological polar surface area (TPSA) is 45.7 Å². The molecule has 0 bridgehead atoms. The largest absolute Gasteiger partial charge is 0.378 e. The average molecular weight is 267 g/mol. The van der Waals surface area contributed by atoms with E-state index in [1.54, 1.807) is 18.4 Å². The Balaban J connectivity index is 1.63. The maximum atomic E-state index is 5.59. The molecule has 0 spiro atoms. The first-order chi connectivity index (χ1) is 8.88. The zero-order valence-electron chi connectivity index (χ0n) is 10.8. The molecule has 2 heterocycles. The second-order valence-electron chi connectivity index (χ2n) is 4.41. The van der Waals surface area contributed by atoms with Crippen LogP contribution >= 0.6 is 11.3 Å². The Morgan fingerprint density at radius 2 is 2.50 bits per heavy atom. The van der Waals surface area contributed by atoms with Gasteiger partial charge in [0.1, 0.15) is 0 Å². The molecule has 1 fully saturated rings. The molecular weight excluding hydrogens is 246 g/mol. The molecule has 2 N–H and O–H groups in total. The van der Waals surface area contributed by atoms with E-state index in [0.29, 0.717) is 6.10 Å². The van der Waals surface area contributed by atoms with Gasteiger partial charge in [0.2, 0.25) is 0 Å². The molecule has 2 rings (SSSR count). The minimum absolute atomic E-state index is 0.437. The fourth-order valence-corrected chi connectivity index (χ4v) is 2.69. The van der Waals surface area contributed by atoms with Crippen molar-refractivity contribution < 1.29 is 4.74 Å². The molecule has 1 aromatic rings. The van der Waals surface area contributed by atoms with Crippen LogP contribution in [0.15, 0.2) is 21.8 Å². The lowest BCUT2D eigenvalue weighted by atomic mass is 10.2. The van der Waals surface area contributed by atoms with Crippen LogP contribution in [0.5, 0.6) is 0 Å². The number of aliphatic imine (C=N–C) groups is 1. The Hall–Kier alpha value is -1.07. The Kier molecular flexibility index (Phi) is 5.48. The zero-order chi connectivity index (χ0) is 12.6. The van der Waals surface area contributed by atoms with Gasteiger partial charge in [0.05, 0.1) is 6.10 Å². The SMILES string of the molecule is CN=C(NCCC1CCCO1)NCc1ccsc1. The van der Waals surface area contributed by atoms with Gasteiger partial charge in [-0.15, -0.1) is 0 Å². The zero-order valence-corrected chi connectivity index (χ0v) is 11.6. The maximum Gasteiger partial charge on any atom is 0.191 e. The van der Waals surface area contributed by atoms with E-state index >= 15 is 0 Å². The highest BCUT2D eigenvalue weighted by Gasteiger charge is 2.14. The molecular formula is C13H21N3OS. The summed E-state index contributed by atoms with van der Waals surface area (Å²) in [7, 11) is 1.80. The fourth-order valence-electron chi connectivity index (χ4n) is 2.02. The van der Waals surface area contributed by atoms with E-state index in [4.69, 9.17) is 4.74 Å². The molecule has 0 aliphatic carbocycles. The third kappa shape index (κ3) is 4.31. The number of hydrogen-bond acceptors (Lipinski definition) is 3. The first-order valence-corrected chi connectivity index (χ1v) is 7.40. The molecule has 4 nitrogen and oxygen atoms in total. The van der Waals surface area contributed by atoms with E-state index in [1.165, 1.54) is 18.4 Å². The van der Waals surface area contributed by atoms with Crippen molar-refractivity contribution in [3.63, 3.8) is 0 Å².